The van der Waals surface area contributed by atoms with Crippen molar-refractivity contribution in [3.63, 3.8) is 0 Å². The third-order valence-electron chi connectivity index (χ3n) is 4.43. The van der Waals surface area contributed by atoms with Gasteiger partial charge < -0.3 is 5.32 Å². The number of carbonyl (C=O) groups excluding carboxylic acids is 1. The van der Waals surface area contributed by atoms with Gasteiger partial charge in [-0.3, -0.25) is 4.79 Å². The summed E-state index contributed by atoms with van der Waals surface area (Å²) in [6.07, 6.45) is 0. The molecule has 6 heteroatoms. The van der Waals surface area contributed by atoms with Gasteiger partial charge in [-0.05, 0) is 54.3 Å². The molecule has 0 fully saturated rings. The summed E-state index contributed by atoms with van der Waals surface area (Å²) in [6, 6.07) is 22.8. The van der Waals surface area contributed by atoms with Crippen LogP contribution in [0.1, 0.15) is 29.0 Å². The Morgan fingerprint density at radius 1 is 1.07 bits per heavy atom. The third kappa shape index (κ3) is 3.86. The van der Waals surface area contributed by atoms with E-state index in [4.69, 9.17) is 11.6 Å². The van der Waals surface area contributed by atoms with Crippen LogP contribution in [-0.2, 0) is 0 Å². The van der Waals surface area contributed by atoms with Crippen molar-refractivity contribution in [2.75, 3.05) is 0 Å². The molecule has 4 rings (SSSR count). The predicted molar refractivity (Wildman–Crippen MR) is 114 cm³/mol. The van der Waals surface area contributed by atoms with Crippen LogP contribution in [0.3, 0.4) is 0 Å². The third-order valence-corrected chi connectivity index (χ3v) is 5.58. The largest absolute Gasteiger partial charge is 0.344 e. The maximum absolute atomic E-state index is 13.1. The highest BCUT2D eigenvalue weighted by Gasteiger charge is 2.20. The van der Waals surface area contributed by atoms with E-state index in [2.05, 4.69) is 10.4 Å². The maximum Gasteiger partial charge on any atom is 0.270 e. The fourth-order valence-electron chi connectivity index (χ4n) is 2.96. The number of nitrogens with one attached hydrogen (secondary N) is 1. The monoisotopic (exact) mass is 407 g/mol. The summed E-state index contributed by atoms with van der Waals surface area (Å²) in [5, 5.41) is 10.4. The van der Waals surface area contributed by atoms with Crippen molar-refractivity contribution in [2.24, 2.45) is 0 Å². The van der Waals surface area contributed by atoms with Crippen molar-refractivity contribution in [2.45, 2.75) is 13.0 Å². The zero-order valence-electron chi connectivity index (χ0n) is 15.2. The van der Waals surface area contributed by atoms with Crippen LogP contribution in [0.25, 0.3) is 16.3 Å². The van der Waals surface area contributed by atoms with Gasteiger partial charge in [0.05, 0.1) is 16.6 Å². The van der Waals surface area contributed by atoms with Crippen LogP contribution in [0, 0.1) is 0 Å². The first kappa shape index (κ1) is 18.5. The number of nitrogens with zero attached hydrogens (tertiary/aromatic N) is 2. The first-order chi connectivity index (χ1) is 13.6. The van der Waals surface area contributed by atoms with Crippen molar-refractivity contribution in [3.05, 3.63) is 94.5 Å². The summed E-state index contributed by atoms with van der Waals surface area (Å²) in [4.78, 5) is 14.1. The SMILES string of the molecule is CC(NC(=O)c1cc(-c2cccs2)nn1-c1ccc(Cl)cc1)c1ccccc1. The van der Waals surface area contributed by atoms with Crippen molar-refractivity contribution < 1.29 is 4.79 Å². The summed E-state index contributed by atoms with van der Waals surface area (Å²) >= 11 is 7.61. The molecule has 1 amide bonds. The minimum Gasteiger partial charge on any atom is -0.344 e. The van der Waals surface area contributed by atoms with Gasteiger partial charge in [0.1, 0.15) is 11.4 Å². The van der Waals surface area contributed by atoms with E-state index >= 15 is 0 Å². The van der Waals surface area contributed by atoms with Gasteiger partial charge in [0.25, 0.3) is 5.91 Å². The van der Waals surface area contributed by atoms with Crippen LogP contribution in [0.2, 0.25) is 5.02 Å². The average Bonchev–Trinajstić information content (AvgIpc) is 3.39. The first-order valence-electron chi connectivity index (χ1n) is 8.87. The number of hydrogen-bond donors (Lipinski definition) is 1. The molecule has 2 heterocycles. The van der Waals surface area contributed by atoms with Crippen molar-refractivity contribution >= 4 is 28.8 Å². The molecule has 0 saturated heterocycles. The van der Waals surface area contributed by atoms with E-state index in [1.165, 1.54) is 0 Å². The molecule has 4 nitrogen and oxygen atoms in total. The Bertz CT molecular complexity index is 1070. The molecule has 2 aromatic carbocycles. The van der Waals surface area contributed by atoms with E-state index < -0.39 is 0 Å². The van der Waals surface area contributed by atoms with Gasteiger partial charge in [0.2, 0.25) is 0 Å². The number of hydrogen-bond acceptors (Lipinski definition) is 3. The standard InChI is InChI=1S/C22H18ClN3OS/c1-15(16-6-3-2-4-7-16)24-22(27)20-14-19(21-8-5-13-28-21)25-26(20)18-11-9-17(23)10-12-18/h2-15H,1H3,(H,24,27). The van der Waals surface area contributed by atoms with Crippen LogP contribution in [0.15, 0.2) is 78.2 Å². The first-order valence-corrected chi connectivity index (χ1v) is 10.1. The number of benzene rings is 2. The minimum atomic E-state index is -0.179. The smallest absolute Gasteiger partial charge is 0.270 e. The molecule has 0 aliphatic heterocycles. The number of halogens is 1. The lowest BCUT2D eigenvalue weighted by atomic mass is 10.1. The van der Waals surface area contributed by atoms with Gasteiger partial charge in [0.15, 0.2) is 0 Å². The summed E-state index contributed by atoms with van der Waals surface area (Å²) in [6.45, 7) is 1.97. The fraction of sp³-hybridized carbons (Fsp3) is 0.0909. The molecular weight excluding hydrogens is 390 g/mol. The molecule has 0 radical (unpaired) electrons. The number of amides is 1. The van der Waals surface area contributed by atoms with Crippen LogP contribution < -0.4 is 5.32 Å². The Morgan fingerprint density at radius 3 is 2.50 bits per heavy atom. The zero-order chi connectivity index (χ0) is 19.5. The van der Waals surface area contributed by atoms with Crippen LogP contribution in [0.4, 0.5) is 0 Å². The quantitative estimate of drug-likeness (QED) is 0.458. The van der Waals surface area contributed by atoms with Crippen molar-refractivity contribution in [3.8, 4) is 16.3 Å². The average molecular weight is 408 g/mol. The number of thiophene rings is 1. The lowest BCUT2D eigenvalue weighted by molar-refractivity contribution is 0.0932. The molecule has 0 bridgehead atoms. The van der Waals surface area contributed by atoms with E-state index in [1.54, 1.807) is 28.2 Å². The Labute approximate surface area is 172 Å². The van der Waals surface area contributed by atoms with E-state index in [1.807, 2.05) is 73.0 Å². The second-order valence-corrected chi connectivity index (χ2v) is 7.77. The Morgan fingerprint density at radius 2 is 1.82 bits per heavy atom. The highest BCUT2D eigenvalue weighted by molar-refractivity contribution is 7.13. The highest BCUT2D eigenvalue weighted by Crippen LogP contribution is 2.26. The highest BCUT2D eigenvalue weighted by atomic mass is 35.5. The van der Waals surface area contributed by atoms with Crippen LogP contribution >= 0.6 is 22.9 Å². The normalized spacial score (nSPS) is 11.9. The molecule has 140 valence electrons. The van der Waals surface area contributed by atoms with Crippen molar-refractivity contribution in [1.29, 1.82) is 0 Å². The number of aromatic nitrogens is 2. The summed E-state index contributed by atoms with van der Waals surface area (Å²) in [5.41, 5.74) is 3.08. The molecule has 1 atom stereocenters. The lowest BCUT2D eigenvalue weighted by Crippen LogP contribution is -2.28. The summed E-state index contributed by atoms with van der Waals surface area (Å²) in [7, 11) is 0. The van der Waals surface area contributed by atoms with Gasteiger partial charge >= 0.3 is 0 Å². The molecule has 4 aromatic rings. The molecule has 2 aromatic heterocycles. The fourth-order valence-corrected chi connectivity index (χ4v) is 3.77. The molecule has 1 unspecified atom stereocenters. The van der Waals surface area contributed by atoms with E-state index in [-0.39, 0.29) is 11.9 Å². The van der Waals surface area contributed by atoms with Gasteiger partial charge in [-0.15, -0.1) is 11.3 Å². The van der Waals surface area contributed by atoms with Gasteiger partial charge in [0, 0.05) is 5.02 Å². The van der Waals surface area contributed by atoms with E-state index in [9.17, 15) is 4.79 Å². The molecule has 0 aliphatic carbocycles. The molecule has 1 N–H and O–H groups in total. The van der Waals surface area contributed by atoms with E-state index in [0.717, 1.165) is 21.8 Å². The van der Waals surface area contributed by atoms with Crippen LogP contribution in [0.5, 0.6) is 0 Å². The van der Waals surface area contributed by atoms with Gasteiger partial charge in [-0.2, -0.15) is 5.10 Å². The van der Waals surface area contributed by atoms with Gasteiger partial charge in [-0.1, -0.05) is 48.0 Å². The molecule has 0 spiro atoms. The Kier molecular flexibility index (Phi) is 5.28. The second-order valence-electron chi connectivity index (χ2n) is 6.39. The topological polar surface area (TPSA) is 46.9 Å². The molecule has 0 saturated carbocycles. The zero-order valence-corrected chi connectivity index (χ0v) is 16.7. The molecule has 0 aliphatic rings. The Hall–Kier alpha value is -2.89. The summed E-state index contributed by atoms with van der Waals surface area (Å²) in [5.74, 6) is -0.179. The number of rotatable bonds is 5. The van der Waals surface area contributed by atoms with Gasteiger partial charge in [-0.25, -0.2) is 4.68 Å². The minimum absolute atomic E-state index is 0.118. The maximum atomic E-state index is 13.1. The van der Waals surface area contributed by atoms with Crippen LogP contribution in [-0.4, -0.2) is 15.7 Å². The molecular formula is C22H18ClN3OS. The lowest BCUT2D eigenvalue weighted by Gasteiger charge is -2.15. The molecule has 28 heavy (non-hydrogen) atoms. The summed E-state index contributed by atoms with van der Waals surface area (Å²) < 4.78 is 1.67. The predicted octanol–water partition coefficient (Wildman–Crippen LogP) is 5.75. The second kappa shape index (κ2) is 8.00. The van der Waals surface area contributed by atoms with E-state index in [0.29, 0.717) is 10.7 Å². The Balaban J connectivity index is 1.70. The van der Waals surface area contributed by atoms with Crippen molar-refractivity contribution in [1.82, 2.24) is 15.1 Å². The number of carbonyl (C=O) groups is 1.